The zero-order valence-electron chi connectivity index (χ0n) is 12.6. The molecule has 2 heterocycles. The van der Waals surface area contributed by atoms with Gasteiger partial charge in [0.1, 0.15) is 4.08 Å². The molecule has 0 aromatic heterocycles. The van der Waals surface area contributed by atoms with E-state index in [1.54, 1.807) is 34.5 Å². The van der Waals surface area contributed by atoms with Crippen LogP contribution in [0.4, 0.5) is 0 Å². The molecule has 0 atom stereocenters. The Morgan fingerprint density at radius 1 is 0.913 bits per heavy atom. The van der Waals surface area contributed by atoms with Crippen LogP contribution < -0.4 is 0 Å². The lowest BCUT2D eigenvalue weighted by Gasteiger charge is -2.36. The molecule has 4 rings (SSSR count). The summed E-state index contributed by atoms with van der Waals surface area (Å²) in [5.74, 6) is 0.0521. The maximum Gasteiger partial charge on any atom is 0.251 e. The summed E-state index contributed by atoms with van der Waals surface area (Å²) < 4.78 is -0.261. The minimum absolute atomic E-state index is 0.0521. The first kappa shape index (κ1) is 14.7. The highest BCUT2D eigenvalue weighted by Crippen LogP contribution is 2.60. The number of nitrogens with zero attached hydrogens (tertiary/aromatic N) is 1. The van der Waals surface area contributed by atoms with Gasteiger partial charge in [0.2, 0.25) is 0 Å². The fourth-order valence-corrected chi connectivity index (χ4v) is 5.90. The Labute approximate surface area is 144 Å². The molecule has 2 aliphatic rings. The van der Waals surface area contributed by atoms with Crippen molar-refractivity contribution in [2.45, 2.75) is 4.08 Å². The second kappa shape index (κ2) is 5.62. The lowest BCUT2D eigenvalue weighted by molar-refractivity contribution is -0.122. The number of carbonyl (C=O) groups excluding carboxylic acids is 1. The molecule has 2 aliphatic heterocycles. The van der Waals surface area contributed by atoms with Gasteiger partial charge in [-0.2, -0.15) is 0 Å². The summed E-state index contributed by atoms with van der Waals surface area (Å²) in [5.41, 5.74) is 3.48. The zero-order valence-corrected chi connectivity index (χ0v) is 14.2. The largest absolute Gasteiger partial charge is 0.310 e. The Balaban J connectivity index is 1.88. The van der Waals surface area contributed by atoms with Gasteiger partial charge in [0.05, 0.1) is 5.70 Å². The molecule has 2 aromatic carbocycles. The van der Waals surface area contributed by atoms with Crippen molar-refractivity contribution in [3.63, 3.8) is 0 Å². The molecule has 0 spiro atoms. The third-order valence-corrected chi connectivity index (χ3v) is 7.09. The highest BCUT2D eigenvalue weighted by atomic mass is 32.2. The molecular weight excluding hydrogens is 322 g/mol. The monoisotopic (exact) mass is 337 g/mol. The van der Waals surface area contributed by atoms with E-state index in [0.29, 0.717) is 0 Å². The van der Waals surface area contributed by atoms with Gasteiger partial charge in [0, 0.05) is 18.0 Å². The maximum atomic E-state index is 12.0. The van der Waals surface area contributed by atoms with Crippen LogP contribution in [0.5, 0.6) is 0 Å². The Morgan fingerprint density at radius 3 is 2.04 bits per heavy atom. The quantitative estimate of drug-likeness (QED) is 0.801. The smallest absolute Gasteiger partial charge is 0.251 e. The van der Waals surface area contributed by atoms with E-state index in [2.05, 4.69) is 53.9 Å². The maximum absolute atomic E-state index is 12.0. The minimum Gasteiger partial charge on any atom is -0.310 e. The van der Waals surface area contributed by atoms with E-state index in [0.717, 1.165) is 10.6 Å². The number of amides is 1. The number of rotatable bonds is 2. The lowest BCUT2D eigenvalue weighted by Crippen LogP contribution is -2.24. The third kappa shape index (κ3) is 2.33. The fourth-order valence-electron chi connectivity index (χ4n) is 2.84. The van der Waals surface area contributed by atoms with Gasteiger partial charge in [0.25, 0.3) is 5.91 Å². The Morgan fingerprint density at radius 2 is 1.48 bits per heavy atom. The summed E-state index contributed by atoms with van der Waals surface area (Å²) in [6, 6.07) is 21.0. The van der Waals surface area contributed by atoms with Crippen molar-refractivity contribution >= 4 is 29.4 Å². The molecule has 0 bridgehead atoms. The van der Waals surface area contributed by atoms with E-state index < -0.39 is 0 Å². The first-order valence-electron chi connectivity index (χ1n) is 7.38. The number of fused-ring (bicyclic) bond motifs is 1. The summed E-state index contributed by atoms with van der Waals surface area (Å²) >= 11 is 3.52. The molecule has 1 amide bonds. The number of thioether (sulfide) groups is 2. The van der Waals surface area contributed by atoms with Crippen LogP contribution in [-0.4, -0.2) is 17.9 Å². The summed E-state index contributed by atoms with van der Waals surface area (Å²) in [7, 11) is 1.83. The highest BCUT2D eigenvalue weighted by molar-refractivity contribution is 8.21. The van der Waals surface area contributed by atoms with Crippen LogP contribution in [0.3, 0.4) is 0 Å². The van der Waals surface area contributed by atoms with E-state index in [9.17, 15) is 4.79 Å². The van der Waals surface area contributed by atoms with Crippen LogP contribution in [0, 0.1) is 0 Å². The molecule has 0 aliphatic carbocycles. The SMILES string of the molecule is CN1C(=O)C=C2SC(c3ccccc3)(c3ccccc3)SC=C21. The number of hydrogen-bond acceptors (Lipinski definition) is 3. The third-order valence-electron chi connectivity index (χ3n) is 4.10. The molecule has 114 valence electrons. The molecule has 0 unspecified atom stereocenters. The highest BCUT2D eigenvalue weighted by Gasteiger charge is 2.42. The summed E-state index contributed by atoms with van der Waals surface area (Å²) in [6.07, 6.45) is 1.75. The van der Waals surface area contributed by atoms with Gasteiger partial charge in [0.15, 0.2) is 0 Å². The van der Waals surface area contributed by atoms with Gasteiger partial charge in [-0.25, -0.2) is 0 Å². The average Bonchev–Trinajstić information content (AvgIpc) is 2.90. The molecule has 2 aromatic rings. The van der Waals surface area contributed by atoms with Crippen molar-refractivity contribution in [3.05, 3.63) is 93.9 Å². The van der Waals surface area contributed by atoms with Crippen molar-refractivity contribution in [1.29, 1.82) is 0 Å². The van der Waals surface area contributed by atoms with E-state index in [1.807, 2.05) is 19.2 Å². The van der Waals surface area contributed by atoms with Crippen LogP contribution in [0.15, 0.2) is 82.7 Å². The number of carbonyl (C=O) groups is 1. The molecule has 0 radical (unpaired) electrons. The second-order valence-electron chi connectivity index (χ2n) is 5.48. The normalized spacial score (nSPS) is 19.2. The van der Waals surface area contributed by atoms with Crippen LogP contribution in [0.2, 0.25) is 0 Å². The number of benzene rings is 2. The average molecular weight is 337 g/mol. The predicted octanol–water partition coefficient (Wildman–Crippen LogP) is 4.57. The van der Waals surface area contributed by atoms with Crippen molar-refractivity contribution in [1.82, 2.24) is 4.90 Å². The van der Waals surface area contributed by atoms with Crippen molar-refractivity contribution in [2.75, 3.05) is 7.05 Å². The Bertz CT molecular complexity index is 772. The van der Waals surface area contributed by atoms with E-state index in [4.69, 9.17) is 0 Å². The number of hydrogen-bond donors (Lipinski definition) is 0. The van der Waals surface area contributed by atoms with Crippen LogP contribution in [0.1, 0.15) is 11.1 Å². The molecule has 0 saturated heterocycles. The predicted molar refractivity (Wildman–Crippen MR) is 97.8 cm³/mol. The molecule has 4 heteroatoms. The van der Waals surface area contributed by atoms with Crippen LogP contribution in [0.25, 0.3) is 0 Å². The summed E-state index contributed by atoms with van der Waals surface area (Å²) in [4.78, 5) is 14.8. The molecule has 0 saturated carbocycles. The lowest BCUT2D eigenvalue weighted by atomic mass is 10.0. The van der Waals surface area contributed by atoms with Gasteiger partial charge in [-0.1, -0.05) is 72.4 Å². The number of likely N-dealkylation sites (N-methyl/N-ethyl adjacent to an activating group) is 1. The first-order chi connectivity index (χ1) is 11.2. The van der Waals surface area contributed by atoms with E-state index in [-0.39, 0.29) is 9.99 Å². The van der Waals surface area contributed by atoms with Crippen LogP contribution >= 0.6 is 23.5 Å². The van der Waals surface area contributed by atoms with E-state index in [1.165, 1.54) is 11.1 Å². The fraction of sp³-hybridized carbons (Fsp3) is 0.105. The molecule has 2 nitrogen and oxygen atoms in total. The minimum atomic E-state index is -0.261. The van der Waals surface area contributed by atoms with Gasteiger partial charge in [-0.15, -0.1) is 11.8 Å². The standard InChI is InChI=1S/C19H15NOS2/c1-20-16-13-22-19(14-8-4-2-5-9-14,15-10-6-3-7-11-15)23-17(16)12-18(20)21/h2-13H,1H3. The van der Waals surface area contributed by atoms with Crippen LogP contribution in [-0.2, 0) is 8.87 Å². The van der Waals surface area contributed by atoms with Crippen molar-refractivity contribution in [3.8, 4) is 0 Å². The van der Waals surface area contributed by atoms with Gasteiger partial charge in [-0.05, 0) is 16.5 Å². The second-order valence-corrected chi connectivity index (χ2v) is 8.08. The first-order valence-corrected chi connectivity index (χ1v) is 9.08. The topological polar surface area (TPSA) is 20.3 Å². The molecule has 0 fully saturated rings. The molecule has 0 N–H and O–H groups in total. The van der Waals surface area contributed by atoms with Crippen molar-refractivity contribution < 1.29 is 4.79 Å². The van der Waals surface area contributed by atoms with Gasteiger partial charge < -0.3 is 4.90 Å². The Kier molecular flexibility index (Phi) is 3.58. The molecule has 23 heavy (non-hydrogen) atoms. The summed E-state index contributed by atoms with van der Waals surface area (Å²) in [6.45, 7) is 0. The van der Waals surface area contributed by atoms with Gasteiger partial charge in [-0.3, -0.25) is 4.79 Å². The summed E-state index contributed by atoms with van der Waals surface area (Å²) in [5, 5.41) is 2.12. The zero-order chi connectivity index (χ0) is 15.9. The van der Waals surface area contributed by atoms with E-state index >= 15 is 0 Å². The van der Waals surface area contributed by atoms with Gasteiger partial charge >= 0.3 is 0 Å². The Hall–Kier alpha value is -1.91. The van der Waals surface area contributed by atoms with Crippen molar-refractivity contribution in [2.24, 2.45) is 0 Å². The molecular formula is C19H15NOS2.